The molecule has 0 saturated carbocycles. The summed E-state index contributed by atoms with van der Waals surface area (Å²) in [5, 5.41) is 6.76. The normalized spacial score (nSPS) is 12.1. The first-order valence-corrected chi connectivity index (χ1v) is 8.48. The molecular formula is C18H19FN4S. The van der Waals surface area contributed by atoms with Crippen LogP contribution in [0.1, 0.15) is 5.69 Å². The van der Waals surface area contributed by atoms with Gasteiger partial charge in [0.15, 0.2) is 0 Å². The van der Waals surface area contributed by atoms with Gasteiger partial charge in [-0.05, 0) is 60.8 Å². The molecule has 2 heterocycles. The molecule has 0 aliphatic rings. The zero-order chi connectivity index (χ0) is 17.1. The summed E-state index contributed by atoms with van der Waals surface area (Å²) in [7, 11) is 0. The summed E-state index contributed by atoms with van der Waals surface area (Å²) in [6, 6.07) is 9.90. The van der Waals surface area contributed by atoms with Crippen molar-refractivity contribution in [2.45, 2.75) is 18.4 Å². The molecule has 0 saturated heterocycles. The molecular weight excluding hydrogens is 323 g/mol. The Morgan fingerprint density at radius 2 is 2.04 bits per heavy atom. The molecule has 4 nitrogen and oxygen atoms in total. The summed E-state index contributed by atoms with van der Waals surface area (Å²) in [6.45, 7) is 2.36. The van der Waals surface area contributed by atoms with E-state index in [1.54, 1.807) is 12.4 Å². The molecule has 24 heavy (non-hydrogen) atoms. The standard InChI is InChI=1S/C18H19FN4S/c1-12-18(13-5-8-22-9-6-13)16-10-15(24-21)2-3-17(16)23(12)11-14(19)4-7-20/h2-6,8-10H,7,11,20-21H2,1H3/b14-4-. The molecule has 124 valence electrons. The summed E-state index contributed by atoms with van der Waals surface area (Å²) in [4.78, 5) is 5.05. The highest BCUT2D eigenvalue weighted by atomic mass is 32.2. The van der Waals surface area contributed by atoms with Crippen LogP contribution < -0.4 is 10.9 Å². The van der Waals surface area contributed by atoms with Crippen molar-refractivity contribution in [1.82, 2.24) is 9.55 Å². The molecule has 0 radical (unpaired) electrons. The van der Waals surface area contributed by atoms with Crippen molar-refractivity contribution in [3.05, 3.63) is 60.3 Å². The first-order chi connectivity index (χ1) is 11.7. The number of fused-ring (bicyclic) bond motifs is 1. The Morgan fingerprint density at radius 3 is 2.71 bits per heavy atom. The molecule has 2 aromatic heterocycles. The minimum absolute atomic E-state index is 0.166. The van der Waals surface area contributed by atoms with E-state index in [0.717, 1.165) is 32.6 Å². The monoisotopic (exact) mass is 342 g/mol. The van der Waals surface area contributed by atoms with Gasteiger partial charge in [0.1, 0.15) is 5.83 Å². The highest BCUT2D eigenvalue weighted by molar-refractivity contribution is 7.97. The molecule has 3 rings (SSSR count). The molecule has 3 aromatic rings. The number of hydrogen-bond acceptors (Lipinski definition) is 4. The molecule has 1 aromatic carbocycles. The average molecular weight is 342 g/mol. The number of rotatable bonds is 5. The van der Waals surface area contributed by atoms with Crippen LogP contribution in [-0.2, 0) is 6.54 Å². The third kappa shape index (κ3) is 3.08. The second kappa shape index (κ2) is 7.17. The zero-order valence-electron chi connectivity index (χ0n) is 13.4. The molecule has 0 bridgehead atoms. The largest absolute Gasteiger partial charge is 0.337 e. The molecule has 0 aliphatic carbocycles. The number of nitrogens with two attached hydrogens (primary N) is 2. The molecule has 0 aliphatic heterocycles. The maximum Gasteiger partial charge on any atom is 0.117 e. The second-order valence-electron chi connectivity index (χ2n) is 5.47. The maximum atomic E-state index is 14.1. The number of allylic oxidation sites excluding steroid dienone is 1. The van der Waals surface area contributed by atoms with Crippen LogP contribution in [0.2, 0.25) is 0 Å². The fourth-order valence-corrected chi connectivity index (χ4v) is 3.30. The van der Waals surface area contributed by atoms with Gasteiger partial charge in [0.2, 0.25) is 0 Å². The molecule has 0 atom stereocenters. The van der Waals surface area contributed by atoms with E-state index in [2.05, 4.69) is 4.98 Å². The minimum Gasteiger partial charge on any atom is -0.337 e. The lowest BCUT2D eigenvalue weighted by Gasteiger charge is -2.07. The molecule has 4 N–H and O–H groups in total. The lowest BCUT2D eigenvalue weighted by Crippen LogP contribution is -2.03. The molecule has 0 unspecified atom stereocenters. The smallest absolute Gasteiger partial charge is 0.117 e. The lowest BCUT2D eigenvalue weighted by molar-refractivity contribution is 0.555. The van der Waals surface area contributed by atoms with Gasteiger partial charge in [-0.15, -0.1) is 0 Å². The first-order valence-electron chi connectivity index (χ1n) is 7.60. The van der Waals surface area contributed by atoms with E-state index < -0.39 is 0 Å². The van der Waals surface area contributed by atoms with Gasteiger partial charge in [-0.25, -0.2) is 4.39 Å². The number of aromatic nitrogens is 2. The van der Waals surface area contributed by atoms with Gasteiger partial charge in [-0.3, -0.25) is 10.1 Å². The second-order valence-corrected chi connectivity index (χ2v) is 6.17. The number of benzene rings is 1. The SMILES string of the molecule is Cc1c(-c2ccncc2)c2cc(SN)ccc2n1C/C(F)=C/CN. The Hall–Kier alpha value is -2.15. The highest BCUT2D eigenvalue weighted by Crippen LogP contribution is 2.36. The van der Waals surface area contributed by atoms with Gasteiger partial charge in [0, 0.05) is 46.0 Å². The van der Waals surface area contributed by atoms with E-state index in [0.29, 0.717) is 0 Å². The number of nitrogens with zero attached hydrogens (tertiary/aromatic N) is 2. The van der Waals surface area contributed by atoms with Crippen molar-refractivity contribution in [3.63, 3.8) is 0 Å². The molecule has 0 spiro atoms. The van der Waals surface area contributed by atoms with Crippen molar-refractivity contribution in [2.24, 2.45) is 10.9 Å². The van der Waals surface area contributed by atoms with Crippen LogP contribution in [0, 0.1) is 6.92 Å². The van der Waals surface area contributed by atoms with Crippen LogP contribution in [0.25, 0.3) is 22.0 Å². The van der Waals surface area contributed by atoms with E-state index in [1.807, 2.05) is 41.8 Å². The van der Waals surface area contributed by atoms with Gasteiger partial charge >= 0.3 is 0 Å². The van der Waals surface area contributed by atoms with Crippen molar-refractivity contribution in [1.29, 1.82) is 0 Å². The van der Waals surface area contributed by atoms with E-state index in [9.17, 15) is 4.39 Å². The van der Waals surface area contributed by atoms with Gasteiger partial charge < -0.3 is 10.3 Å². The predicted molar refractivity (Wildman–Crippen MR) is 98.2 cm³/mol. The van der Waals surface area contributed by atoms with Crippen LogP contribution in [0.3, 0.4) is 0 Å². The quantitative estimate of drug-likeness (QED) is 0.692. The third-order valence-corrected chi connectivity index (χ3v) is 4.57. The Labute approximate surface area is 144 Å². The Kier molecular flexibility index (Phi) is 4.99. The van der Waals surface area contributed by atoms with Gasteiger partial charge in [0.25, 0.3) is 0 Å². The summed E-state index contributed by atoms with van der Waals surface area (Å²) in [6.07, 6.45) is 4.92. The number of hydrogen-bond donors (Lipinski definition) is 2. The number of pyridine rings is 1. The van der Waals surface area contributed by atoms with Gasteiger partial charge in [-0.1, -0.05) is 0 Å². The average Bonchev–Trinajstić information content (AvgIpc) is 2.87. The fourth-order valence-electron chi connectivity index (χ4n) is 2.96. The van der Waals surface area contributed by atoms with Crippen molar-refractivity contribution >= 4 is 22.9 Å². The zero-order valence-corrected chi connectivity index (χ0v) is 14.2. The summed E-state index contributed by atoms with van der Waals surface area (Å²) < 4.78 is 16.1. The molecule has 0 amide bonds. The Balaban J connectivity index is 2.26. The van der Waals surface area contributed by atoms with E-state index in [1.165, 1.54) is 18.0 Å². The van der Waals surface area contributed by atoms with E-state index >= 15 is 0 Å². The Bertz CT molecular complexity index is 887. The Morgan fingerprint density at radius 1 is 1.29 bits per heavy atom. The van der Waals surface area contributed by atoms with Crippen LogP contribution in [0.4, 0.5) is 4.39 Å². The van der Waals surface area contributed by atoms with Crippen LogP contribution in [0.15, 0.2) is 59.5 Å². The summed E-state index contributed by atoms with van der Waals surface area (Å²) in [5.41, 5.74) is 9.51. The minimum atomic E-state index is -0.240. The lowest BCUT2D eigenvalue weighted by atomic mass is 10.0. The van der Waals surface area contributed by atoms with E-state index in [-0.39, 0.29) is 18.9 Å². The van der Waals surface area contributed by atoms with Crippen molar-refractivity contribution < 1.29 is 4.39 Å². The van der Waals surface area contributed by atoms with Crippen LogP contribution in [0.5, 0.6) is 0 Å². The van der Waals surface area contributed by atoms with E-state index in [4.69, 9.17) is 10.9 Å². The van der Waals surface area contributed by atoms with Crippen molar-refractivity contribution in [3.8, 4) is 11.1 Å². The van der Waals surface area contributed by atoms with Gasteiger partial charge in [-0.2, -0.15) is 0 Å². The van der Waals surface area contributed by atoms with Crippen LogP contribution in [-0.4, -0.2) is 16.1 Å². The maximum absolute atomic E-state index is 14.1. The highest BCUT2D eigenvalue weighted by Gasteiger charge is 2.17. The van der Waals surface area contributed by atoms with Gasteiger partial charge in [0.05, 0.1) is 6.54 Å². The summed E-state index contributed by atoms with van der Waals surface area (Å²) in [5.74, 6) is -0.240. The fraction of sp³-hybridized carbons (Fsp3) is 0.167. The predicted octanol–water partition coefficient (Wildman–Crippen LogP) is 3.79. The number of halogens is 1. The van der Waals surface area contributed by atoms with Crippen molar-refractivity contribution in [2.75, 3.05) is 6.54 Å². The first kappa shape index (κ1) is 16.7. The summed E-state index contributed by atoms with van der Waals surface area (Å²) >= 11 is 1.20. The third-order valence-electron chi connectivity index (χ3n) is 4.05. The molecule has 0 fully saturated rings. The molecule has 6 heteroatoms. The topological polar surface area (TPSA) is 69.9 Å². The van der Waals surface area contributed by atoms with Crippen LogP contribution >= 0.6 is 11.9 Å².